The number of piperazine rings is 1. The lowest BCUT2D eigenvalue weighted by Crippen LogP contribution is -2.57. The van der Waals surface area contributed by atoms with Crippen molar-refractivity contribution in [2.24, 2.45) is 0 Å². The van der Waals surface area contributed by atoms with E-state index in [0.29, 0.717) is 23.6 Å². The molecule has 1 saturated heterocycles. The van der Waals surface area contributed by atoms with E-state index >= 15 is 0 Å². The molecular formula is C18H25Cl2N5O2. The highest BCUT2D eigenvalue weighted by Gasteiger charge is 2.28. The Labute approximate surface area is 170 Å². The molecule has 3 rings (SSSR count). The molecule has 0 aliphatic carbocycles. The fraction of sp³-hybridized carbons (Fsp3) is 0.444. The van der Waals surface area contributed by atoms with Crippen molar-refractivity contribution in [2.45, 2.75) is 39.3 Å². The summed E-state index contributed by atoms with van der Waals surface area (Å²) in [5.74, 6) is 0.457. The first-order valence-corrected chi connectivity index (χ1v) is 8.50. The number of hydrogen-bond donors (Lipinski definition) is 2. The molecule has 27 heavy (non-hydrogen) atoms. The van der Waals surface area contributed by atoms with Crippen LogP contribution < -0.4 is 10.9 Å². The molecule has 2 atom stereocenters. The van der Waals surface area contributed by atoms with E-state index in [4.69, 9.17) is 0 Å². The van der Waals surface area contributed by atoms with Gasteiger partial charge in [0.05, 0.1) is 6.42 Å². The minimum atomic E-state index is -0.261. The molecule has 0 saturated carbocycles. The van der Waals surface area contributed by atoms with Crippen LogP contribution in [0.25, 0.3) is 11.4 Å². The van der Waals surface area contributed by atoms with Gasteiger partial charge in [-0.25, -0.2) is 4.98 Å². The van der Waals surface area contributed by atoms with Crippen LogP contribution in [0.2, 0.25) is 0 Å². The molecule has 1 aliphatic rings. The number of amides is 1. The van der Waals surface area contributed by atoms with E-state index in [1.165, 1.54) is 0 Å². The zero-order chi connectivity index (χ0) is 18.0. The van der Waals surface area contributed by atoms with Crippen LogP contribution in [0.1, 0.15) is 25.1 Å². The quantitative estimate of drug-likeness (QED) is 0.799. The van der Waals surface area contributed by atoms with Gasteiger partial charge in [-0.2, -0.15) is 0 Å². The molecule has 9 heteroatoms. The summed E-state index contributed by atoms with van der Waals surface area (Å²) in [6.45, 7) is 7.28. The third kappa shape index (κ3) is 5.06. The van der Waals surface area contributed by atoms with E-state index in [-0.39, 0.29) is 54.8 Å². The first kappa shape index (κ1) is 23.1. The maximum atomic E-state index is 12.7. The average Bonchev–Trinajstić information content (AvgIpc) is 2.61. The van der Waals surface area contributed by atoms with Crippen LogP contribution in [0.15, 0.2) is 29.3 Å². The molecule has 1 aliphatic heterocycles. The second-order valence-electron chi connectivity index (χ2n) is 6.46. The van der Waals surface area contributed by atoms with Gasteiger partial charge in [0.25, 0.3) is 5.56 Å². The summed E-state index contributed by atoms with van der Waals surface area (Å²) < 4.78 is 0. The summed E-state index contributed by atoms with van der Waals surface area (Å²) in [5.41, 5.74) is 1.54. The Morgan fingerprint density at radius 1 is 1.26 bits per heavy atom. The van der Waals surface area contributed by atoms with Crippen molar-refractivity contribution < 1.29 is 4.79 Å². The lowest BCUT2D eigenvalue weighted by atomic mass is 10.0. The standard InChI is InChI=1S/C18H23N5O2.2ClH/c1-11-13(3)23(9-8-20-11)16(24)10-15-12(2)21-17(22-18(15)25)14-4-6-19-7-5-14;;/h4-7,11,13,20H,8-10H2,1-3H3,(H,21,22,25);2*1H. The smallest absolute Gasteiger partial charge is 0.255 e. The van der Waals surface area contributed by atoms with Crippen LogP contribution in [-0.4, -0.2) is 50.9 Å². The second kappa shape index (κ2) is 9.82. The minimum Gasteiger partial charge on any atom is -0.337 e. The number of H-pyrrole nitrogens is 1. The Bertz CT molecular complexity index is 828. The number of nitrogens with one attached hydrogen (secondary N) is 2. The first-order chi connectivity index (χ1) is 12.0. The Kier molecular flexibility index (Phi) is 8.40. The number of aromatic nitrogens is 3. The van der Waals surface area contributed by atoms with Crippen molar-refractivity contribution in [1.29, 1.82) is 0 Å². The lowest BCUT2D eigenvalue weighted by molar-refractivity contribution is -0.134. The van der Waals surface area contributed by atoms with E-state index in [2.05, 4.69) is 27.2 Å². The van der Waals surface area contributed by atoms with E-state index in [9.17, 15) is 9.59 Å². The van der Waals surface area contributed by atoms with Gasteiger partial charge in [0, 0.05) is 54.4 Å². The maximum Gasteiger partial charge on any atom is 0.255 e. The Morgan fingerprint density at radius 2 is 1.93 bits per heavy atom. The van der Waals surface area contributed by atoms with Gasteiger partial charge in [0.1, 0.15) is 5.82 Å². The molecule has 3 heterocycles. The van der Waals surface area contributed by atoms with Crippen molar-refractivity contribution in [2.75, 3.05) is 13.1 Å². The Morgan fingerprint density at radius 3 is 2.56 bits per heavy atom. The minimum absolute atomic E-state index is 0. The van der Waals surface area contributed by atoms with Crippen LogP contribution in [0.4, 0.5) is 0 Å². The van der Waals surface area contributed by atoms with Crippen molar-refractivity contribution in [3.63, 3.8) is 0 Å². The predicted octanol–water partition coefficient (Wildman–Crippen LogP) is 1.74. The molecule has 0 aromatic carbocycles. The molecular weight excluding hydrogens is 389 g/mol. The summed E-state index contributed by atoms with van der Waals surface area (Å²) in [6, 6.07) is 3.91. The van der Waals surface area contributed by atoms with E-state index in [1.807, 2.05) is 11.8 Å². The van der Waals surface area contributed by atoms with Gasteiger partial charge in [-0.3, -0.25) is 14.6 Å². The van der Waals surface area contributed by atoms with Crippen LogP contribution in [-0.2, 0) is 11.2 Å². The fourth-order valence-corrected chi connectivity index (χ4v) is 3.13. The van der Waals surface area contributed by atoms with Crippen LogP contribution in [0.3, 0.4) is 0 Å². The van der Waals surface area contributed by atoms with Gasteiger partial charge in [0.2, 0.25) is 5.91 Å². The highest BCUT2D eigenvalue weighted by molar-refractivity contribution is 5.85. The number of aryl methyl sites for hydroxylation is 1. The molecule has 2 aromatic heterocycles. The van der Waals surface area contributed by atoms with Crippen LogP contribution in [0, 0.1) is 6.92 Å². The lowest BCUT2D eigenvalue weighted by Gasteiger charge is -2.38. The highest BCUT2D eigenvalue weighted by Crippen LogP contribution is 2.15. The third-order valence-corrected chi connectivity index (χ3v) is 4.86. The molecule has 1 fully saturated rings. The summed E-state index contributed by atoms with van der Waals surface area (Å²) in [5, 5.41) is 3.35. The number of carbonyl (C=O) groups is 1. The predicted molar refractivity (Wildman–Crippen MR) is 110 cm³/mol. The number of rotatable bonds is 3. The monoisotopic (exact) mass is 413 g/mol. The van der Waals surface area contributed by atoms with Crippen molar-refractivity contribution >= 4 is 30.7 Å². The van der Waals surface area contributed by atoms with Crippen molar-refractivity contribution in [3.8, 4) is 11.4 Å². The molecule has 0 spiro atoms. The molecule has 0 bridgehead atoms. The van der Waals surface area contributed by atoms with Gasteiger partial charge in [-0.1, -0.05) is 0 Å². The SMILES string of the molecule is Cc1nc(-c2ccncc2)[nH]c(=O)c1CC(=O)N1CCNC(C)C1C.Cl.Cl. The molecule has 2 unspecified atom stereocenters. The van der Waals surface area contributed by atoms with Crippen LogP contribution in [0.5, 0.6) is 0 Å². The summed E-state index contributed by atoms with van der Waals surface area (Å²) in [7, 11) is 0. The van der Waals surface area contributed by atoms with E-state index < -0.39 is 0 Å². The normalized spacial score (nSPS) is 19.0. The molecule has 2 aromatic rings. The topological polar surface area (TPSA) is 91.0 Å². The molecule has 2 N–H and O–H groups in total. The average molecular weight is 414 g/mol. The van der Waals surface area contributed by atoms with Gasteiger partial charge in [-0.15, -0.1) is 24.8 Å². The summed E-state index contributed by atoms with van der Waals surface area (Å²) >= 11 is 0. The summed E-state index contributed by atoms with van der Waals surface area (Å²) in [6.07, 6.45) is 3.37. The van der Waals surface area contributed by atoms with Crippen molar-refractivity contribution in [1.82, 2.24) is 25.2 Å². The number of hydrogen-bond acceptors (Lipinski definition) is 5. The number of aromatic amines is 1. The largest absolute Gasteiger partial charge is 0.337 e. The molecule has 0 radical (unpaired) electrons. The number of halogens is 2. The van der Waals surface area contributed by atoms with Gasteiger partial charge < -0.3 is 15.2 Å². The van der Waals surface area contributed by atoms with Gasteiger partial charge in [0.15, 0.2) is 0 Å². The highest BCUT2D eigenvalue weighted by atomic mass is 35.5. The van der Waals surface area contributed by atoms with Crippen LogP contribution >= 0.6 is 24.8 Å². The van der Waals surface area contributed by atoms with E-state index in [0.717, 1.165) is 12.1 Å². The van der Waals surface area contributed by atoms with Crippen molar-refractivity contribution in [3.05, 3.63) is 46.1 Å². The molecule has 148 valence electrons. The zero-order valence-corrected chi connectivity index (χ0v) is 17.2. The summed E-state index contributed by atoms with van der Waals surface area (Å²) in [4.78, 5) is 38.3. The maximum absolute atomic E-state index is 12.7. The fourth-order valence-electron chi connectivity index (χ4n) is 3.13. The van der Waals surface area contributed by atoms with Gasteiger partial charge in [-0.05, 0) is 32.9 Å². The number of nitrogens with zero attached hydrogens (tertiary/aromatic N) is 3. The molecule has 1 amide bonds. The Balaban J connectivity index is 0.00000182. The van der Waals surface area contributed by atoms with E-state index in [1.54, 1.807) is 31.5 Å². The number of pyridine rings is 1. The zero-order valence-electron chi connectivity index (χ0n) is 15.6. The van der Waals surface area contributed by atoms with Gasteiger partial charge >= 0.3 is 0 Å². The molecule has 7 nitrogen and oxygen atoms in total. The second-order valence-corrected chi connectivity index (χ2v) is 6.46. The number of carbonyl (C=O) groups excluding carboxylic acids is 1. The first-order valence-electron chi connectivity index (χ1n) is 8.50. The Hall–Kier alpha value is -1.96. The third-order valence-electron chi connectivity index (χ3n) is 4.86.